The first-order valence-corrected chi connectivity index (χ1v) is 12.9. The van der Waals surface area contributed by atoms with Crippen molar-refractivity contribution in [3.8, 4) is 0 Å². The standard InChI is InChI=1S/C28H44O3/c1-17(2)9-14-28(29)18(3)25-24(31-28)16-23-21-8-7-19-15-20(30-6)10-12-26(19,4)22(21)11-13-27(23,25)5/h7,9,14,17-18,20-25,29H,8,10-13,15-16H2,1-6H3/b14-9+/t18-,20?,21?,22?,23?,24?,25?,26+,27+,28-/m1/s1. The van der Waals surface area contributed by atoms with Gasteiger partial charge in [-0.15, -0.1) is 0 Å². The Balaban J connectivity index is 1.41. The van der Waals surface area contributed by atoms with Crippen molar-refractivity contribution < 1.29 is 14.6 Å². The zero-order valence-electron chi connectivity index (χ0n) is 20.6. The molecule has 0 aromatic carbocycles. The SMILES string of the molecule is COC1CC[C@@]2(C)C(=CCC3C4CC5O[C@](O)(/C=C/C(C)C)[C@H](C)C5[C@@]4(C)CCC32)C1. The lowest BCUT2D eigenvalue weighted by Gasteiger charge is -2.58. The maximum atomic E-state index is 11.4. The number of rotatable bonds is 3. The average molecular weight is 429 g/mol. The van der Waals surface area contributed by atoms with E-state index in [1.54, 1.807) is 5.57 Å². The summed E-state index contributed by atoms with van der Waals surface area (Å²) in [5.41, 5.74) is 2.34. The van der Waals surface area contributed by atoms with Crippen LogP contribution >= 0.6 is 0 Å². The van der Waals surface area contributed by atoms with Crippen LogP contribution in [0.25, 0.3) is 0 Å². The number of allylic oxidation sites excluding steroid dienone is 2. The Morgan fingerprint density at radius 2 is 1.97 bits per heavy atom. The van der Waals surface area contributed by atoms with Crippen LogP contribution in [0.4, 0.5) is 0 Å². The molecular weight excluding hydrogens is 384 g/mol. The Morgan fingerprint density at radius 1 is 1.19 bits per heavy atom. The van der Waals surface area contributed by atoms with Gasteiger partial charge in [0, 0.05) is 13.0 Å². The molecule has 0 aromatic rings. The summed E-state index contributed by atoms with van der Waals surface area (Å²) in [6.07, 6.45) is 15.9. The molecule has 6 unspecified atom stereocenters. The van der Waals surface area contributed by atoms with Crippen molar-refractivity contribution in [1.29, 1.82) is 0 Å². The van der Waals surface area contributed by atoms with E-state index in [1.165, 1.54) is 32.1 Å². The molecule has 5 rings (SSSR count). The topological polar surface area (TPSA) is 38.7 Å². The molecule has 4 aliphatic carbocycles. The molecule has 0 spiro atoms. The van der Waals surface area contributed by atoms with Crippen LogP contribution in [0.5, 0.6) is 0 Å². The summed E-state index contributed by atoms with van der Waals surface area (Å²) in [7, 11) is 1.88. The Morgan fingerprint density at radius 3 is 2.68 bits per heavy atom. The van der Waals surface area contributed by atoms with Gasteiger partial charge < -0.3 is 14.6 Å². The van der Waals surface area contributed by atoms with Crippen molar-refractivity contribution in [3.05, 3.63) is 23.8 Å². The van der Waals surface area contributed by atoms with Gasteiger partial charge in [-0.1, -0.05) is 52.3 Å². The minimum absolute atomic E-state index is 0.154. The summed E-state index contributed by atoms with van der Waals surface area (Å²) in [5, 5.41) is 11.4. The quantitative estimate of drug-likeness (QED) is 0.550. The minimum Gasteiger partial charge on any atom is -0.381 e. The van der Waals surface area contributed by atoms with E-state index in [0.717, 1.165) is 30.6 Å². The smallest absolute Gasteiger partial charge is 0.188 e. The van der Waals surface area contributed by atoms with Gasteiger partial charge in [0.25, 0.3) is 0 Å². The summed E-state index contributed by atoms with van der Waals surface area (Å²) in [6.45, 7) is 11.7. The molecule has 10 atom stereocenters. The van der Waals surface area contributed by atoms with Crippen LogP contribution in [-0.4, -0.2) is 30.2 Å². The van der Waals surface area contributed by atoms with Gasteiger partial charge >= 0.3 is 0 Å². The zero-order valence-corrected chi connectivity index (χ0v) is 20.6. The fourth-order valence-corrected chi connectivity index (χ4v) is 9.00. The van der Waals surface area contributed by atoms with E-state index in [1.807, 2.05) is 13.2 Å². The molecule has 31 heavy (non-hydrogen) atoms. The molecule has 1 saturated heterocycles. The molecular formula is C28H44O3. The summed E-state index contributed by atoms with van der Waals surface area (Å²) >= 11 is 0. The summed E-state index contributed by atoms with van der Waals surface area (Å²) in [5.74, 6) is 2.25. The Kier molecular flexibility index (Phi) is 5.32. The fraction of sp³-hybridized carbons (Fsp3) is 0.857. The number of hydrogen-bond acceptors (Lipinski definition) is 3. The van der Waals surface area contributed by atoms with Crippen LogP contribution in [-0.2, 0) is 9.47 Å². The fourth-order valence-electron chi connectivity index (χ4n) is 9.00. The Bertz CT molecular complexity index is 770. The highest BCUT2D eigenvalue weighted by molar-refractivity contribution is 5.26. The van der Waals surface area contributed by atoms with Gasteiger partial charge in [-0.2, -0.15) is 0 Å². The molecule has 1 aliphatic heterocycles. The van der Waals surface area contributed by atoms with Gasteiger partial charge in [0.2, 0.25) is 0 Å². The van der Waals surface area contributed by atoms with Crippen molar-refractivity contribution in [2.75, 3.05) is 7.11 Å². The molecule has 3 nitrogen and oxygen atoms in total. The van der Waals surface area contributed by atoms with Crippen LogP contribution in [0.15, 0.2) is 23.8 Å². The monoisotopic (exact) mass is 428 g/mol. The Labute approximate surface area is 189 Å². The van der Waals surface area contributed by atoms with Gasteiger partial charge in [-0.05, 0) is 91.4 Å². The van der Waals surface area contributed by atoms with Gasteiger partial charge in [0.1, 0.15) is 0 Å². The molecule has 0 radical (unpaired) electrons. The first-order valence-electron chi connectivity index (χ1n) is 12.9. The van der Waals surface area contributed by atoms with Crippen LogP contribution in [0, 0.1) is 46.3 Å². The van der Waals surface area contributed by atoms with Crippen molar-refractivity contribution in [2.45, 2.75) is 97.6 Å². The second kappa shape index (κ2) is 7.43. The van der Waals surface area contributed by atoms with E-state index in [4.69, 9.17) is 9.47 Å². The van der Waals surface area contributed by atoms with E-state index in [2.05, 4.69) is 46.8 Å². The normalized spacial score (nSPS) is 53.8. The van der Waals surface area contributed by atoms with Gasteiger partial charge in [-0.25, -0.2) is 0 Å². The molecule has 0 aromatic heterocycles. The van der Waals surface area contributed by atoms with Gasteiger partial charge in [0.05, 0.1) is 12.2 Å². The third-order valence-corrected chi connectivity index (χ3v) is 10.7. The van der Waals surface area contributed by atoms with Gasteiger partial charge in [-0.3, -0.25) is 0 Å². The molecule has 4 fully saturated rings. The van der Waals surface area contributed by atoms with E-state index < -0.39 is 5.79 Å². The summed E-state index contributed by atoms with van der Waals surface area (Å²) in [4.78, 5) is 0. The number of aliphatic hydroxyl groups is 1. The van der Waals surface area contributed by atoms with Crippen LogP contribution in [0.1, 0.15) is 79.6 Å². The number of fused-ring (bicyclic) bond motifs is 7. The van der Waals surface area contributed by atoms with Gasteiger partial charge in [0.15, 0.2) is 5.79 Å². The molecule has 3 heteroatoms. The lowest BCUT2D eigenvalue weighted by atomic mass is 9.47. The predicted molar refractivity (Wildman–Crippen MR) is 124 cm³/mol. The molecule has 1 N–H and O–H groups in total. The number of hydrogen-bond donors (Lipinski definition) is 1. The number of methoxy groups -OCH3 is 1. The lowest BCUT2D eigenvalue weighted by molar-refractivity contribution is -0.179. The average Bonchev–Trinajstić information content (AvgIpc) is 3.16. The third-order valence-electron chi connectivity index (χ3n) is 10.7. The third kappa shape index (κ3) is 3.16. The molecule has 0 amide bonds. The lowest BCUT2D eigenvalue weighted by Crippen LogP contribution is -2.51. The number of ether oxygens (including phenoxy) is 2. The van der Waals surface area contributed by atoms with Crippen molar-refractivity contribution >= 4 is 0 Å². The van der Waals surface area contributed by atoms with Crippen LogP contribution in [0.3, 0.4) is 0 Å². The van der Waals surface area contributed by atoms with E-state index in [9.17, 15) is 5.11 Å². The second-order valence-electron chi connectivity index (χ2n) is 12.5. The zero-order chi connectivity index (χ0) is 22.2. The highest BCUT2D eigenvalue weighted by Gasteiger charge is 2.67. The van der Waals surface area contributed by atoms with E-state index in [0.29, 0.717) is 23.4 Å². The molecule has 174 valence electrons. The highest BCUT2D eigenvalue weighted by Crippen LogP contribution is 2.69. The summed E-state index contributed by atoms with van der Waals surface area (Å²) in [6, 6.07) is 0. The first-order chi connectivity index (χ1) is 14.6. The van der Waals surface area contributed by atoms with Crippen molar-refractivity contribution in [1.82, 2.24) is 0 Å². The van der Waals surface area contributed by atoms with E-state index >= 15 is 0 Å². The van der Waals surface area contributed by atoms with Crippen LogP contribution in [0.2, 0.25) is 0 Å². The second-order valence-corrected chi connectivity index (χ2v) is 12.5. The maximum Gasteiger partial charge on any atom is 0.188 e. The van der Waals surface area contributed by atoms with Crippen molar-refractivity contribution in [3.63, 3.8) is 0 Å². The minimum atomic E-state index is -1.09. The molecule has 5 aliphatic rings. The maximum absolute atomic E-state index is 11.4. The van der Waals surface area contributed by atoms with Crippen molar-refractivity contribution in [2.24, 2.45) is 46.3 Å². The predicted octanol–water partition coefficient (Wildman–Crippen LogP) is 6.13. The molecule has 0 bridgehead atoms. The highest BCUT2D eigenvalue weighted by atomic mass is 16.6. The molecule has 1 heterocycles. The summed E-state index contributed by atoms with van der Waals surface area (Å²) < 4.78 is 12.2. The van der Waals surface area contributed by atoms with Crippen LogP contribution < -0.4 is 0 Å². The largest absolute Gasteiger partial charge is 0.381 e. The van der Waals surface area contributed by atoms with E-state index in [-0.39, 0.29) is 17.4 Å². The Hall–Kier alpha value is -0.640. The molecule has 3 saturated carbocycles. The first kappa shape index (κ1) is 22.2.